The average molecular weight is 313 g/mol. The third-order valence-corrected chi connectivity index (χ3v) is 4.63. The van der Waals surface area contributed by atoms with Crippen LogP contribution in [0.3, 0.4) is 0 Å². The van der Waals surface area contributed by atoms with E-state index in [0.29, 0.717) is 0 Å². The van der Waals surface area contributed by atoms with Gasteiger partial charge in [0.15, 0.2) is 4.90 Å². The molecule has 1 unspecified atom stereocenters. The molecular weight excluding hydrogens is 298 g/mol. The third-order valence-electron chi connectivity index (χ3n) is 2.76. The minimum Gasteiger partial charge on any atom is -0.324 e. The number of nitriles is 1. The molecule has 114 valence electrons. The van der Waals surface area contributed by atoms with Gasteiger partial charge in [-0.15, -0.1) is 0 Å². The van der Waals surface area contributed by atoms with Gasteiger partial charge in [-0.3, -0.25) is 16.0 Å². The van der Waals surface area contributed by atoms with Crippen LogP contribution in [-0.2, 0) is 10.0 Å². The first-order valence-electron chi connectivity index (χ1n) is 5.85. The molecule has 0 amide bonds. The number of nitrogens with zero attached hydrogens (tertiary/aromatic N) is 3. The summed E-state index contributed by atoms with van der Waals surface area (Å²) in [7, 11) is -2.81. The lowest BCUT2D eigenvalue weighted by Crippen LogP contribution is -2.31. The lowest BCUT2D eigenvalue weighted by Gasteiger charge is -2.18. The van der Waals surface area contributed by atoms with Gasteiger partial charge < -0.3 is 5.43 Å². The van der Waals surface area contributed by atoms with E-state index in [-0.39, 0.29) is 12.2 Å². The van der Waals surface area contributed by atoms with Gasteiger partial charge in [0.2, 0.25) is 10.0 Å². The zero-order valence-electron chi connectivity index (χ0n) is 11.5. The van der Waals surface area contributed by atoms with E-state index in [1.807, 2.05) is 6.07 Å². The summed E-state index contributed by atoms with van der Waals surface area (Å²) in [6.45, 7) is 1.49. The number of nitro groups is 1. The Labute approximate surface area is 122 Å². The highest BCUT2D eigenvalue weighted by Crippen LogP contribution is 2.29. The molecule has 10 heteroatoms. The Morgan fingerprint density at radius 3 is 2.67 bits per heavy atom. The first kappa shape index (κ1) is 16.8. The van der Waals surface area contributed by atoms with Crippen molar-refractivity contribution >= 4 is 21.4 Å². The number of nitro benzene ring substituents is 1. The molecule has 21 heavy (non-hydrogen) atoms. The summed E-state index contributed by atoms with van der Waals surface area (Å²) in [5, 5.41) is 19.8. The van der Waals surface area contributed by atoms with Gasteiger partial charge in [0, 0.05) is 19.7 Å². The van der Waals surface area contributed by atoms with Gasteiger partial charge in [0.1, 0.15) is 0 Å². The van der Waals surface area contributed by atoms with Crippen molar-refractivity contribution in [3.8, 4) is 6.07 Å². The Kier molecular flexibility index (Phi) is 5.20. The maximum atomic E-state index is 12.4. The van der Waals surface area contributed by atoms with Crippen LogP contribution in [0, 0.1) is 27.4 Å². The maximum Gasteiger partial charge on any atom is 0.291 e. The Morgan fingerprint density at radius 2 is 2.19 bits per heavy atom. The number of nitrogens with one attached hydrogen (secondary N) is 1. The van der Waals surface area contributed by atoms with Crippen molar-refractivity contribution in [2.45, 2.75) is 11.8 Å². The van der Waals surface area contributed by atoms with Crippen molar-refractivity contribution in [2.75, 3.05) is 19.0 Å². The Morgan fingerprint density at radius 1 is 1.57 bits per heavy atom. The zero-order valence-corrected chi connectivity index (χ0v) is 12.3. The Hall–Kier alpha value is -2.22. The van der Waals surface area contributed by atoms with Crippen LogP contribution in [0.5, 0.6) is 0 Å². The van der Waals surface area contributed by atoms with Gasteiger partial charge in [-0.25, -0.2) is 8.42 Å². The average Bonchev–Trinajstić information content (AvgIpc) is 2.45. The molecule has 0 aliphatic rings. The van der Waals surface area contributed by atoms with E-state index in [0.717, 1.165) is 16.4 Å². The van der Waals surface area contributed by atoms with Crippen molar-refractivity contribution in [3.05, 3.63) is 28.3 Å². The fourth-order valence-electron chi connectivity index (χ4n) is 1.66. The van der Waals surface area contributed by atoms with Crippen LogP contribution in [0.4, 0.5) is 11.4 Å². The largest absolute Gasteiger partial charge is 0.324 e. The van der Waals surface area contributed by atoms with Crippen LogP contribution in [-0.4, -0.2) is 31.2 Å². The van der Waals surface area contributed by atoms with E-state index < -0.39 is 31.4 Å². The van der Waals surface area contributed by atoms with Crippen molar-refractivity contribution in [1.29, 1.82) is 5.26 Å². The molecule has 1 aromatic carbocycles. The highest BCUT2D eigenvalue weighted by molar-refractivity contribution is 7.89. The van der Waals surface area contributed by atoms with E-state index in [2.05, 4.69) is 5.43 Å². The number of nitrogens with two attached hydrogens (primary N) is 1. The van der Waals surface area contributed by atoms with E-state index >= 15 is 0 Å². The minimum absolute atomic E-state index is 0.0626. The molecule has 0 aliphatic carbocycles. The normalized spacial score (nSPS) is 12.7. The van der Waals surface area contributed by atoms with E-state index in [1.165, 1.54) is 13.1 Å². The van der Waals surface area contributed by atoms with Gasteiger partial charge in [0.05, 0.1) is 22.6 Å². The van der Waals surface area contributed by atoms with Crippen LogP contribution in [0.25, 0.3) is 0 Å². The molecule has 0 aromatic heterocycles. The molecule has 9 nitrogen and oxygen atoms in total. The van der Waals surface area contributed by atoms with E-state index in [1.54, 1.807) is 6.92 Å². The molecule has 1 atom stereocenters. The van der Waals surface area contributed by atoms with Crippen LogP contribution < -0.4 is 11.3 Å². The molecule has 0 fully saturated rings. The standard InChI is InChI=1S/C11H15N5O4S/c1-8(6-12)7-15(2)21(19,20)11-4-3-9(14-13)5-10(11)16(17)18/h3-5,8,14H,7,13H2,1-2H3. The molecule has 1 rings (SSSR count). The maximum absolute atomic E-state index is 12.4. The number of hydrazine groups is 1. The number of hydrogen-bond acceptors (Lipinski definition) is 7. The lowest BCUT2D eigenvalue weighted by molar-refractivity contribution is -0.387. The highest BCUT2D eigenvalue weighted by Gasteiger charge is 2.30. The number of benzene rings is 1. The number of hydrogen-bond donors (Lipinski definition) is 2. The van der Waals surface area contributed by atoms with Crippen molar-refractivity contribution in [1.82, 2.24) is 4.31 Å². The summed E-state index contributed by atoms with van der Waals surface area (Å²) in [4.78, 5) is 9.80. The predicted octanol–water partition coefficient (Wildman–Crippen LogP) is 0.661. The number of sulfonamides is 1. The second-order valence-electron chi connectivity index (χ2n) is 4.40. The summed E-state index contributed by atoms with van der Waals surface area (Å²) in [6.07, 6.45) is 0. The number of nitrogen functional groups attached to an aromatic ring is 1. The zero-order chi connectivity index (χ0) is 16.2. The second kappa shape index (κ2) is 6.49. The SMILES string of the molecule is CC(C#N)CN(C)S(=O)(=O)c1ccc(NN)cc1[N+](=O)[O-]. The minimum atomic E-state index is -4.07. The molecule has 0 aliphatic heterocycles. The summed E-state index contributed by atoms with van der Waals surface area (Å²) < 4.78 is 25.7. The van der Waals surface area contributed by atoms with Gasteiger partial charge >= 0.3 is 0 Å². The first-order valence-corrected chi connectivity index (χ1v) is 7.29. The lowest BCUT2D eigenvalue weighted by atomic mass is 10.2. The molecular formula is C11H15N5O4S. The Balaban J connectivity index is 3.31. The predicted molar refractivity (Wildman–Crippen MR) is 75.5 cm³/mol. The van der Waals surface area contributed by atoms with Gasteiger partial charge in [-0.1, -0.05) is 0 Å². The molecule has 0 bridgehead atoms. The Bertz CT molecular complexity index is 682. The van der Waals surface area contributed by atoms with Crippen LogP contribution in [0.2, 0.25) is 0 Å². The third kappa shape index (κ3) is 3.66. The van der Waals surface area contributed by atoms with E-state index in [9.17, 15) is 18.5 Å². The molecule has 0 spiro atoms. The smallest absolute Gasteiger partial charge is 0.291 e. The van der Waals surface area contributed by atoms with Crippen molar-refractivity contribution in [2.24, 2.45) is 11.8 Å². The molecule has 0 saturated carbocycles. The summed E-state index contributed by atoms with van der Waals surface area (Å²) >= 11 is 0. The summed E-state index contributed by atoms with van der Waals surface area (Å²) in [5.74, 6) is 4.62. The first-order chi connectivity index (χ1) is 9.73. The number of rotatable bonds is 6. The monoisotopic (exact) mass is 313 g/mol. The highest BCUT2D eigenvalue weighted by atomic mass is 32.2. The van der Waals surface area contributed by atoms with Gasteiger partial charge in [0.25, 0.3) is 5.69 Å². The van der Waals surface area contributed by atoms with Crippen LogP contribution in [0.1, 0.15) is 6.92 Å². The van der Waals surface area contributed by atoms with Crippen LogP contribution >= 0.6 is 0 Å². The van der Waals surface area contributed by atoms with Gasteiger partial charge in [-0.2, -0.15) is 9.57 Å². The molecule has 0 saturated heterocycles. The second-order valence-corrected chi connectivity index (χ2v) is 6.41. The fraction of sp³-hybridized carbons (Fsp3) is 0.364. The van der Waals surface area contributed by atoms with Crippen molar-refractivity contribution < 1.29 is 13.3 Å². The quantitative estimate of drug-likeness (QED) is 0.446. The summed E-state index contributed by atoms with van der Waals surface area (Å²) in [5.41, 5.74) is 1.85. The molecule has 1 aromatic rings. The topological polar surface area (TPSA) is 142 Å². The molecule has 0 radical (unpaired) electrons. The molecule has 0 heterocycles. The fourth-order valence-corrected chi connectivity index (χ4v) is 3.05. The van der Waals surface area contributed by atoms with Crippen molar-refractivity contribution in [3.63, 3.8) is 0 Å². The van der Waals surface area contributed by atoms with E-state index in [4.69, 9.17) is 11.1 Å². The number of anilines is 1. The summed E-state index contributed by atoms with van der Waals surface area (Å²) in [6, 6.07) is 5.37. The van der Waals surface area contributed by atoms with Crippen LogP contribution in [0.15, 0.2) is 23.1 Å². The van der Waals surface area contributed by atoms with Gasteiger partial charge in [-0.05, 0) is 19.1 Å². The molecule has 3 N–H and O–H groups in total.